The molecule has 0 spiro atoms. The number of rotatable bonds is 7. The minimum Gasteiger partial charge on any atom is -0.497 e. The zero-order valence-corrected chi connectivity index (χ0v) is 18.5. The first kappa shape index (κ1) is 21.7. The summed E-state index contributed by atoms with van der Waals surface area (Å²) in [5.74, 6) is 0.970. The number of fused-ring (bicyclic) bond motifs is 1. The fraction of sp³-hybridized carbons (Fsp3) is 0.208. The highest BCUT2D eigenvalue weighted by molar-refractivity contribution is 7.92. The van der Waals surface area contributed by atoms with Crippen LogP contribution >= 0.6 is 0 Å². The second-order valence-electron chi connectivity index (χ2n) is 7.35. The predicted octanol–water partition coefficient (Wildman–Crippen LogP) is 3.85. The third-order valence-corrected chi connectivity index (χ3v) is 7.03. The van der Waals surface area contributed by atoms with Gasteiger partial charge >= 0.3 is 0 Å². The topological polar surface area (TPSA) is 84.9 Å². The summed E-state index contributed by atoms with van der Waals surface area (Å²) in [5.41, 5.74) is 2.13. The Bertz CT molecular complexity index is 1190. The normalized spacial score (nSPS) is 13.2. The largest absolute Gasteiger partial charge is 0.497 e. The lowest BCUT2D eigenvalue weighted by Gasteiger charge is -2.30. The van der Waals surface area contributed by atoms with Gasteiger partial charge < -0.3 is 14.8 Å². The van der Waals surface area contributed by atoms with Crippen LogP contribution in [0.1, 0.15) is 12.0 Å². The molecule has 166 valence electrons. The van der Waals surface area contributed by atoms with E-state index in [9.17, 15) is 13.2 Å². The Hall–Kier alpha value is -3.52. The van der Waals surface area contributed by atoms with Crippen molar-refractivity contribution in [3.05, 3.63) is 78.4 Å². The maximum atomic E-state index is 13.1. The first-order valence-corrected chi connectivity index (χ1v) is 11.7. The summed E-state index contributed by atoms with van der Waals surface area (Å²) in [6, 6.07) is 20.7. The van der Waals surface area contributed by atoms with E-state index >= 15 is 0 Å². The molecule has 0 atom stereocenters. The molecular formula is C24H24N2O5S. The van der Waals surface area contributed by atoms with Crippen LogP contribution in [0, 0.1) is 0 Å². The molecule has 4 rings (SSSR count). The van der Waals surface area contributed by atoms with Crippen molar-refractivity contribution in [2.45, 2.75) is 17.7 Å². The van der Waals surface area contributed by atoms with Gasteiger partial charge in [-0.2, -0.15) is 0 Å². The first-order valence-electron chi connectivity index (χ1n) is 10.2. The third kappa shape index (κ3) is 4.70. The van der Waals surface area contributed by atoms with Crippen LogP contribution in [0.25, 0.3) is 0 Å². The van der Waals surface area contributed by atoms with Crippen molar-refractivity contribution in [1.29, 1.82) is 0 Å². The molecular weight excluding hydrogens is 428 g/mol. The van der Waals surface area contributed by atoms with Crippen molar-refractivity contribution < 1.29 is 22.7 Å². The smallest absolute Gasteiger partial charge is 0.264 e. The van der Waals surface area contributed by atoms with Gasteiger partial charge in [-0.15, -0.1) is 0 Å². The number of anilines is 2. The molecule has 32 heavy (non-hydrogen) atoms. The van der Waals surface area contributed by atoms with E-state index in [0.717, 1.165) is 12.0 Å². The highest BCUT2D eigenvalue weighted by atomic mass is 32.2. The zero-order valence-electron chi connectivity index (χ0n) is 17.7. The Kier molecular flexibility index (Phi) is 6.32. The molecule has 1 heterocycles. The van der Waals surface area contributed by atoms with Crippen LogP contribution in [0.15, 0.2) is 77.7 Å². The summed E-state index contributed by atoms with van der Waals surface area (Å²) in [6.45, 7) is 0.281. The van der Waals surface area contributed by atoms with E-state index < -0.39 is 10.0 Å². The first-order chi connectivity index (χ1) is 15.5. The number of methoxy groups -OCH3 is 1. The second-order valence-corrected chi connectivity index (χ2v) is 9.21. The molecule has 0 fully saturated rings. The summed E-state index contributed by atoms with van der Waals surface area (Å²) in [5, 5.41) is 2.81. The number of nitrogens with zero attached hydrogens (tertiary/aromatic N) is 1. The van der Waals surface area contributed by atoms with Crippen LogP contribution < -0.4 is 19.1 Å². The summed E-state index contributed by atoms with van der Waals surface area (Å²) in [4.78, 5) is 12.6. The van der Waals surface area contributed by atoms with Gasteiger partial charge in [0.05, 0.1) is 17.7 Å². The Balaban J connectivity index is 1.44. The molecule has 8 heteroatoms. The number of hydrogen-bond acceptors (Lipinski definition) is 5. The monoisotopic (exact) mass is 452 g/mol. The van der Waals surface area contributed by atoms with Crippen molar-refractivity contribution >= 4 is 27.3 Å². The van der Waals surface area contributed by atoms with Crippen LogP contribution in [-0.2, 0) is 21.2 Å². The molecule has 1 aliphatic heterocycles. The third-order valence-electron chi connectivity index (χ3n) is 5.20. The highest BCUT2D eigenvalue weighted by Crippen LogP contribution is 2.33. The minimum absolute atomic E-state index is 0.141. The van der Waals surface area contributed by atoms with Gasteiger partial charge in [0.15, 0.2) is 6.61 Å². The molecule has 7 nitrogen and oxygen atoms in total. The minimum atomic E-state index is -3.64. The van der Waals surface area contributed by atoms with E-state index in [2.05, 4.69) is 5.32 Å². The van der Waals surface area contributed by atoms with Crippen molar-refractivity contribution in [3.63, 3.8) is 0 Å². The fourth-order valence-electron chi connectivity index (χ4n) is 3.63. The summed E-state index contributed by atoms with van der Waals surface area (Å²) in [7, 11) is -2.06. The van der Waals surface area contributed by atoms with Crippen molar-refractivity contribution in [2.24, 2.45) is 0 Å². The van der Waals surface area contributed by atoms with Gasteiger partial charge in [0.25, 0.3) is 15.9 Å². The van der Waals surface area contributed by atoms with Gasteiger partial charge in [-0.1, -0.05) is 18.2 Å². The van der Waals surface area contributed by atoms with Crippen molar-refractivity contribution in [3.8, 4) is 11.5 Å². The molecule has 0 bridgehead atoms. The Morgan fingerprint density at radius 3 is 2.44 bits per heavy atom. The molecule has 0 saturated heterocycles. The van der Waals surface area contributed by atoms with Crippen LogP contribution in [0.2, 0.25) is 0 Å². The molecule has 3 aromatic rings. The fourth-order valence-corrected chi connectivity index (χ4v) is 5.19. The molecule has 0 unspecified atom stereocenters. The van der Waals surface area contributed by atoms with E-state index in [1.165, 1.54) is 4.31 Å². The van der Waals surface area contributed by atoms with E-state index in [1.54, 1.807) is 73.8 Å². The number of aryl methyl sites for hydroxylation is 1. The quantitative estimate of drug-likeness (QED) is 0.589. The Labute approximate surface area is 187 Å². The van der Waals surface area contributed by atoms with Crippen LogP contribution in [-0.4, -0.2) is 34.6 Å². The molecule has 3 aromatic carbocycles. The molecule has 1 N–H and O–H groups in total. The summed E-state index contributed by atoms with van der Waals surface area (Å²) < 4.78 is 38.3. The number of sulfonamides is 1. The van der Waals surface area contributed by atoms with Gasteiger partial charge in [-0.25, -0.2) is 8.42 Å². The van der Waals surface area contributed by atoms with Crippen LogP contribution in [0.3, 0.4) is 0 Å². The van der Waals surface area contributed by atoms with Gasteiger partial charge in [-0.05, 0) is 73.0 Å². The second kappa shape index (κ2) is 9.32. The molecule has 0 aliphatic carbocycles. The van der Waals surface area contributed by atoms with Crippen molar-refractivity contribution in [1.82, 2.24) is 0 Å². The zero-order chi connectivity index (χ0) is 22.6. The highest BCUT2D eigenvalue weighted by Gasteiger charge is 2.29. The van der Waals surface area contributed by atoms with Crippen LogP contribution in [0.5, 0.6) is 11.5 Å². The number of benzene rings is 3. The van der Waals surface area contributed by atoms with E-state index in [-0.39, 0.29) is 17.4 Å². The van der Waals surface area contributed by atoms with Gasteiger partial charge in [0, 0.05) is 12.2 Å². The molecule has 1 aliphatic rings. The Morgan fingerprint density at radius 2 is 1.72 bits per heavy atom. The number of amides is 1. The number of nitrogens with one attached hydrogen (secondary N) is 1. The molecule has 0 aromatic heterocycles. The number of hydrogen-bond donors (Lipinski definition) is 1. The SMILES string of the molecule is COc1ccc(OCC(=O)Nc2ccc3c(c2)CCCN3S(=O)(=O)c2ccccc2)cc1. The van der Waals surface area contributed by atoms with E-state index in [0.29, 0.717) is 35.8 Å². The Morgan fingerprint density at radius 1 is 1.00 bits per heavy atom. The van der Waals surface area contributed by atoms with E-state index in [1.807, 2.05) is 6.07 Å². The standard InChI is InChI=1S/C24H24N2O5S/c1-30-20-10-12-21(13-11-20)31-17-24(27)25-19-9-14-23-18(16-19)6-5-15-26(23)32(28,29)22-7-3-2-4-8-22/h2-4,7-14,16H,5-6,15,17H2,1H3,(H,25,27). The number of carbonyl (C=O) groups excluding carboxylic acids is 1. The van der Waals surface area contributed by atoms with E-state index in [4.69, 9.17) is 9.47 Å². The lowest BCUT2D eigenvalue weighted by molar-refractivity contribution is -0.118. The van der Waals surface area contributed by atoms with Gasteiger partial charge in [0.2, 0.25) is 0 Å². The number of ether oxygens (including phenoxy) is 2. The maximum Gasteiger partial charge on any atom is 0.264 e. The summed E-state index contributed by atoms with van der Waals surface area (Å²) >= 11 is 0. The van der Waals surface area contributed by atoms with Gasteiger partial charge in [0.1, 0.15) is 11.5 Å². The van der Waals surface area contributed by atoms with Crippen LogP contribution in [0.4, 0.5) is 11.4 Å². The van der Waals surface area contributed by atoms with Crippen molar-refractivity contribution in [2.75, 3.05) is 29.9 Å². The lowest BCUT2D eigenvalue weighted by atomic mass is 10.0. The molecule has 1 amide bonds. The maximum absolute atomic E-state index is 13.1. The summed E-state index contributed by atoms with van der Waals surface area (Å²) in [6.07, 6.45) is 1.44. The predicted molar refractivity (Wildman–Crippen MR) is 123 cm³/mol. The number of carbonyl (C=O) groups is 1. The lowest BCUT2D eigenvalue weighted by Crippen LogP contribution is -2.35. The molecule has 0 radical (unpaired) electrons. The average molecular weight is 453 g/mol. The van der Waals surface area contributed by atoms with Gasteiger partial charge in [-0.3, -0.25) is 9.10 Å². The molecule has 0 saturated carbocycles. The average Bonchev–Trinajstić information content (AvgIpc) is 2.83.